The monoisotopic (exact) mass is 254 g/mol. The summed E-state index contributed by atoms with van der Waals surface area (Å²) in [6, 6.07) is 0. The molecule has 3 aliphatic rings. The minimum atomic E-state index is -0.318. The quantitative estimate of drug-likeness (QED) is 0.823. The van der Waals surface area contributed by atoms with Gasteiger partial charge in [0.1, 0.15) is 0 Å². The highest BCUT2D eigenvalue weighted by Crippen LogP contribution is 2.45. The molecule has 0 radical (unpaired) electrons. The van der Waals surface area contributed by atoms with Crippen LogP contribution in [0.2, 0.25) is 0 Å². The van der Waals surface area contributed by atoms with Crippen molar-refractivity contribution in [1.29, 1.82) is 0 Å². The minimum absolute atomic E-state index is 0.0961. The summed E-state index contributed by atoms with van der Waals surface area (Å²) in [7, 11) is 0. The molecule has 0 aromatic carbocycles. The van der Waals surface area contributed by atoms with Crippen LogP contribution in [-0.2, 0) is 9.47 Å². The van der Waals surface area contributed by atoms with Crippen LogP contribution in [0.25, 0.3) is 0 Å². The molecular weight excluding hydrogens is 228 g/mol. The van der Waals surface area contributed by atoms with Crippen LogP contribution in [0.15, 0.2) is 0 Å². The average molecular weight is 254 g/mol. The molecule has 1 aliphatic carbocycles. The van der Waals surface area contributed by atoms with Gasteiger partial charge < -0.3 is 14.6 Å². The summed E-state index contributed by atoms with van der Waals surface area (Å²) in [6.07, 6.45) is 8.74. The molecular formula is C15H26O3. The molecule has 0 bridgehead atoms. The second kappa shape index (κ2) is 4.77. The fourth-order valence-electron chi connectivity index (χ4n) is 4.24. The Kier molecular flexibility index (Phi) is 3.41. The van der Waals surface area contributed by atoms with E-state index >= 15 is 0 Å². The Morgan fingerprint density at radius 1 is 1.06 bits per heavy atom. The summed E-state index contributed by atoms with van der Waals surface area (Å²) in [4.78, 5) is 0. The van der Waals surface area contributed by atoms with E-state index in [0.29, 0.717) is 5.92 Å². The lowest BCUT2D eigenvalue weighted by atomic mass is 9.76. The van der Waals surface area contributed by atoms with E-state index in [2.05, 4.69) is 6.92 Å². The number of aliphatic hydroxyl groups is 1. The Balaban J connectivity index is 1.68. The highest BCUT2D eigenvalue weighted by atomic mass is 16.5. The van der Waals surface area contributed by atoms with Crippen LogP contribution in [0.4, 0.5) is 0 Å². The van der Waals surface area contributed by atoms with Crippen LogP contribution in [0.5, 0.6) is 0 Å². The first-order chi connectivity index (χ1) is 8.64. The summed E-state index contributed by atoms with van der Waals surface area (Å²) in [5, 5.41) is 10.7. The number of rotatable bonds is 2. The molecule has 2 aliphatic heterocycles. The summed E-state index contributed by atoms with van der Waals surface area (Å²) in [5.74, 6) is 0.361. The number of hydrogen-bond donors (Lipinski definition) is 1. The fourth-order valence-corrected chi connectivity index (χ4v) is 4.24. The second-order valence-electron chi connectivity index (χ2n) is 6.70. The van der Waals surface area contributed by atoms with Gasteiger partial charge in [0.05, 0.1) is 17.3 Å². The molecule has 3 nitrogen and oxygen atoms in total. The van der Waals surface area contributed by atoms with Gasteiger partial charge >= 0.3 is 0 Å². The Morgan fingerprint density at radius 2 is 1.83 bits per heavy atom. The maximum absolute atomic E-state index is 10.7. The van der Waals surface area contributed by atoms with Gasteiger partial charge in [-0.3, -0.25) is 0 Å². The molecule has 1 saturated carbocycles. The van der Waals surface area contributed by atoms with E-state index in [1.807, 2.05) is 0 Å². The SMILES string of the molecule is CC1(C(O)C2CCOC3(CCCC3)C2)CCCO1. The lowest BCUT2D eigenvalue weighted by molar-refractivity contribution is -0.154. The van der Waals surface area contributed by atoms with Crippen LogP contribution in [0.3, 0.4) is 0 Å². The first kappa shape index (κ1) is 12.9. The summed E-state index contributed by atoms with van der Waals surface area (Å²) >= 11 is 0. The van der Waals surface area contributed by atoms with Crippen LogP contribution >= 0.6 is 0 Å². The highest BCUT2D eigenvalue weighted by Gasteiger charge is 2.47. The maximum Gasteiger partial charge on any atom is 0.0915 e. The largest absolute Gasteiger partial charge is 0.390 e. The summed E-state index contributed by atoms with van der Waals surface area (Å²) in [5.41, 5.74) is -0.208. The topological polar surface area (TPSA) is 38.7 Å². The third-order valence-corrected chi connectivity index (χ3v) is 5.37. The van der Waals surface area contributed by atoms with Crippen LogP contribution in [0, 0.1) is 5.92 Å². The predicted octanol–water partition coefficient (Wildman–Crippen LogP) is 2.66. The van der Waals surface area contributed by atoms with Gasteiger partial charge in [-0.15, -0.1) is 0 Å². The highest BCUT2D eigenvalue weighted by molar-refractivity contribution is 4.98. The van der Waals surface area contributed by atoms with Crippen molar-refractivity contribution in [2.75, 3.05) is 13.2 Å². The minimum Gasteiger partial charge on any atom is -0.390 e. The molecule has 3 atom stereocenters. The molecule has 2 saturated heterocycles. The lowest BCUT2D eigenvalue weighted by Crippen LogP contribution is -2.49. The van der Waals surface area contributed by atoms with Crippen molar-refractivity contribution in [2.24, 2.45) is 5.92 Å². The number of aliphatic hydroxyl groups excluding tert-OH is 1. The van der Waals surface area contributed by atoms with E-state index < -0.39 is 0 Å². The average Bonchev–Trinajstić information content (AvgIpc) is 2.99. The van der Waals surface area contributed by atoms with E-state index in [-0.39, 0.29) is 17.3 Å². The smallest absolute Gasteiger partial charge is 0.0915 e. The first-order valence-corrected chi connectivity index (χ1v) is 7.60. The summed E-state index contributed by atoms with van der Waals surface area (Å²) in [6.45, 7) is 3.71. The van der Waals surface area contributed by atoms with Crippen molar-refractivity contribution < 1.29 is 14.6 Å². The second-order valence-corrected chi connectivity index (χ2v) is 6.70. The van der Waals surface area contributed by atoms with Crippen LogP contribution in [-0.4, -0.2) is 35.6 Å². The van der Waals surface area contributed by atoms with Gasteiger partial charge in [0.2, 0.25) is 0 Å². The van der Waals surface area contributed by atoms with Gasteiger partial charge in [0, 0.05) is 13.2 Å². The molecule has 3 rings (SSSR count). The molecule has 0 amide bonds. The first-order valence-electron chi connectivity index (χ1n) is 7.60. The normalized spacial score (nSPS) is 41.3. The molecule has 3 unspecified atom stereocenters. The van der Waals surface area contributed by atoms with Crippen molar-refractivity contribution in [3.63, 3.8) is 0 Å². The maximum atomic E-state index is 10.7. The Morgan fingerprint density at radius 3 is 2.50 bits per heavy atom. The lowest BCUT2D eigenvalue weighted by Gasteiger charge is -2.43. The van der Waals surface area contributed by atoms with Crippen molar-refractivity contribution in [3.8, 4) is 0 Å². The van der Waals surface area contributed by atoms with Crippen LogP contribution < -0.4 is 0 Å². The van der Waals surface area contributed by atoms with Crippen molar-refractivity contribution in [2.45, 2.75) is 75.6 Å². The van der Waals surface area contributed by atoms with Gasteiger partial charge in [-0.25, -0.2) is 0 Å². The van der Waals surface area contributed by atoms with E-state index in [0.717, 1.165) is 38.9 Å². The van der Waals surface area contributed by atoms with E-state index in [1.165, 1.54) is 25.7 Å². The standard InChI is InChI=1S/C15H26O3/c1-14(6-4-9-17-14)13(16)12-5-10-18-15(11-12)7-2-3-8-15/h12-13,16H,2-11H2,1H3. The van der Waals surface area contributed by atoms with Crippen molar-refractivity contribution in [1.82, 2.24) is 0 Å². The third kappa shape index (κ3) is 2.21. The van der Waals surface area contributed by atoms with Gasteiger partial charge in [0.15, 0.2) is 0 Å². The molecule has 0 aromatic heterocycles. The molecule has 1 N–H and O–H groups in total. The van der Waals surface area contributed by atoms with Crippen LogP contribution in [0.1, 0.15) is 58.3 Å². The summed E-state index contributed by atoms with van der Waals surface area (Å²) < 4.78 is 11.9. The van der Waals surface area contributed by atoms with Gasteiger partial charge in [0.25, 0.3) is 0 Å². The van der Waals surface area contributed by atoms with Crippen molar-refractivity contribution in [3.05, 3.63) is 0 Å². The number of hydrogen-bond acceptors (Lipinski definition) is 3. The van der Waals surface area contributed by atoms with Gasteiger partial charge in [-0.05, 0) is 51.4 Å². The molecule has 18 heavy (non-hydrogen) atoms. The predicted molar refractivity (Wildman–Crippen MR) is 69.5 cm³/mol. The Hall–Kier alpha value is -0.120. The van der Waals surface area contributed by atoms with Crippen molar-refractivity contribution >= 4 is 0 Å². The zero-order chi connectivity index (χ0) is 12.6. The zero-order valence-electron chi connectivity index (χ0n) is 11.5. The zero-order valence-corrected chi connectivity index (χ0v) is 11.5. The van der Waals surface area contributed by atoms with E-state index in [9.17, 15) is 5.11 Å². The molecule has 3 fully saturated rings. The molecule has 2 heterocycles. The Labute approximate surface area is 110 Å². The fraction of sp³-hybridized carbons (Fsp3) is 1.00. The molecule has 0 aromatic rings. The van der Waals surface area contributed by atoms with Gasteiger partial charge in [-0.1, -0.05) is 12.8 Å². The van der Waals surface area contributed by atoms with E-state index in [1.54, 1.807) is 0 Å². The van der Waals surface area contributed by atoms with Gasteiger partial charge in [-0.2, -0.15) is 0 Å². The third-order valence-electron chi connectivity index (χ3n) is 5.37. The van der Waals surface area contributed by atoms with E-state index in [4.69, 9.17) is 9.47 Å². The Bertz CT molecular complexity index is 280. The molecule has 104 valence electrons. The number of ether oxygens (including phenoxy) is 2. The molecule has 3 heteroatoms. The molecule has 1 spiro atoms.